The molecule has 1 rings (SSSR count). The maximum atomic E-state index is 11.1. The van der Waals surface area contributed by atoms with Crippen LogP contribution in [0.5, 0.6) is 5.75 Å². The van der Waals surface area contributed by atoms with Gasteiger partial charge in [0.2, 0.25) is 0 Å². The monoisotopic (exact) mass is 323 g/mol. The molecule has 0 unspecified atom stereocenters. The Morgan fingerprint density at radius 3 is 2.30 bits per heavy atom. The van der Waals surface area contributed by atoms with E-state index in [2.05, 4.69) is 6.92 Å². The van der Waals surface area contributed by atoms with Crippen LogP contribution in [0.2, 0.25) is 0 Å². The summed E-state index contributed by atoms with van der Waals surface area (Å²) in [4.78, 5) is 21.3. The molecule has 0 saturated heterocycles. The van der Waals surface area contributed by atoms with E-state index >= 15 is 0 Å². The Kier molecular flexibility index (Phi) is 8.72. The molecule has 0 aliphatic carbocycles. The number of hydrogen-bond donors (Lipinski definition) is 1. The maximum absolute atomic E-state index is 11.1. The third-order valence-corrected chi connectivity index (χ3v) is 3.66. The lowest BCUT2D eigenvalue weighted by Gasteiger charge is -2.09. The lowest BCUT2D eigenvalue weighted by molar-refractivity contribution is -0.384. The average Bonchev–Trinajstić information content (AvgIpc) is 2.52. The summed E-state index contributed by atoms with van der Waals surface area (Å²) >= 11 is 0. The molecular formula is C17H25NO5. The van der Waals surface area contributed by atoms with Gasteiger partial charge in [0.1, 0.15) is 11.3 Å². The number of unbranched alkanes of at least 4 members (excludes halogenated alkanes) is 7. The van der Waals surface area contributed by atoms with E-state index in [1.165, 1.54) is 50.3 Å². The summed E-state index contributed by atoms with van der Waals surface area (Å²) in [6.07, 6.45) is 9.23. The van der Waals surface area contributed by atoms with Crippen molar-refractivity contribution < 1.29 is 19.6 Å². The lowest BCUT2D eigenvalue weighted by Crippen LogP contribution is -2.05. The van der Waals surface area contributed by atoms with Crippen molar-refractivity contribution in [2.24, 2.45) is 0 Å². The summed E-state index contributed by atoms with van der Waals surface area (Å²) in [5.74, 6) is -1.08. The Hall–Kier alpha value is -2.11. The summed E-state index contributed by atoms with van der Waals surface area (Å²) in [6, 6.07) is 3.56. The van der Waals surface area contributed by atoms with Gasteiger partial charge in [0.25, 0.3) is 5.69 Å². The number of rotatable bonds is 12. The first-order valence-corrected chi connectivity index (χ1v) is 8.20. The van der Waals surface area contributed by atoms with Gasteiger partial charge in [-0.1, -0.05) is 51.9 Å². The Morgan fingerprint density at radius 2 is 1.74 bits per heavy atom. The van der Waals surface area contributed by atoms with Crippen molar-refractivity contribution in [3.63, 3.8) is 0 Å². The van der Waals surface area contributed by atoms with E-state index in [1.54, 1.807) is 0 Å². The fourth-order valence-corrected chi connectivity index (χ4v) is 2.34. The van der Waals surface area contributed by atoms with Crippen LogP contribution >= 0.6 is 0 Å². The number of nitrogens with zero attached hydrogens (tertiary/aromatic N) is 1. The molecule has 6 heteroatoms. The van der Waals surface area contributed by atoms with Crippen LogP contribution in [0.3, 0.4) is 0 Å². The molecule has 0 spiro atoms. The fourth-order valence-electron chi connectivity index (χ4n) is 2.34. The van der Waals surface area contributed by atoms with Gasteiger partial charge in [0.15, 0.2) is 0 Å². The van der Waals surface area contributed by atoms with Crippen LogP contribution < -0.4 is 4.74 Å². The van der Waals surface area contributed by atoms with Gasteiger partial charge in [-0.15, -0.1) is 0 Å². The minimum absolute atomic E-state index is 0.0461. The van der Waals surface area contributed by atoms with E-state index in [0.29, 0.717) is 6.61 Å². The van der Waals surface area contributed by atoms with Crippen LogP contribution in [0.15, 0.2) is 18.2 Å². The number of nitro groups is 1. The molecule has 0 aliphatic rings. The molecule has 1 N–H and O–H groups in total. The van der Waals surface area contributed by atoms with Gasteiger partial charge in [-0.05, 0) is 12.5 Å². The molecule has 0 radical (unpaired) electrons. The zero-order valence-corrected chi connectivity index (χ0v) is 13.6. The molecule has 1 aromatic carbocycles. The lowest BCUT2D eigenvalue weighted by atomic mass is 10.1. The first-order valence-electron chi connectivity index (χ1n) is 8.20. The molecule has 0 bridgehead atoms. The second-order valence-corrected chi connectivity index (χ2v) is 5.57. The predicted octanol–water partition coefficient (Wildman–Crippen LogP) is 4.81. The van der Waals surface area contributed by atoms with Gasteiger partial charge in [0, 0.05) is 6.07 Å². The molecular weight excluding hydrogens is 298 g/mol. The number of carboxylic acids is 1. The number of carbonyl (C=O) groups is 1. The topological polar surface area (TPSA) is 89.7 Å². The van der Waals surface area contributed by atoms with Gasteiger partial charge in [-0.25, -0.2) is 4.79 Å². The number of ether oxygens (including phenoxy) is 1. The van der Waals surface area contributed by atoms with Gasteiger partial charge < -0.3 is 9.84 Å². The standard InChI is InChI=1S/C17H25NO5/c1-2-3-4-5-6-7-8-9-12-23-16-13-14(18(21)22)10-11-15(16)17(19)20/h10-11,13H,2-9,12H2,1H3,(H,19,20). The van der Waals surface area contributed by atoms with Crippen molar-refractivity contribution in [3.8, 4) is 5.75 Å². The first kappa shape index (κ1) is 18.9. The normalized spacial score (nSPS) is 10.5. The van der Waals surface area contributed by atoms with E-state index in [4.69, 9.17) is 9.84 Å². The molecule has 0 heterocycles. The third-order valence-electron chi connectivity index (χ3n) is 3.66. The zero-order valence-electron chi connectivity index (χ0n) is 13.6. The molecule has 0 amide bonds. The van der Waals surface area contributed by atoms with Crippen molar-refractivity contribution in [1.82, 2.24) is 0 Å². The number of non-ortho nitro benzene ring substituents is 1. The summed E-state index contributed by atoms with van der Waals surface area (Å²) < 4.78 is 5.45. The predicted molar refractivity (Wildman–Crippen MR) is 88.2 cm³/mol. The number of benzene rings is 1. The highest BCUT2D eigenvalue weighted by Gasteiger charge is 2.16. The Bertz CT molecular complexity index is 516. The minimum Gasteiger partial charge on any atom is -0.492 e. The van der Waals surface area contributed by atoms with Crippen molar-refractivity contribution in [3.05, 3.63) is 33.9 Å². The van der Waals surface area contributed by atoms with E-state index in [0.717, 1.165) is 19.3 Å². The van der Waals surface area contributed by atoms with Crippen molar-refractivity contribution in [2.45, 2.75) is 58.3 Å². The van der Waals surface area contributed by atoms with E-state index < -0.39 is 10.9 Å². The van der Waals surface area contributed by atoms with E-state index in [9.17, 15) is 14.9 Å². The van der Waals surface area contributed by atoms with Crippen molar-refractivity contribution in [1.29, 1.82) is 0 Å². The second-order valence-electron chi connectivity index (χ2n) is 5.57. The minimum atomic E-state index is -1.15. The highest BCUT2D eigenvalue weighted by atomic mass is 16.6. The highest BCUT2D eigenvalue weighted by Crippen LogP contribution is 2.25. The Balaban J connectivity index is 2.37. The largest absolute Gasteiger partial charge is 0.492 e. The van der Waals surface area contributed by atoms with Crippen LogP contribution in [0.4, 0.5) is 5.69 Å². The molecule has 0 saturated carbocycles. The number of nitro benzene ring substituents is 1. The zero-order chi connectivity index (χ0) is 17.1. The third kappa shape index (κ3) is 7.13. The van der Waals surface area contributed by atoms with Crippen LogP contribution in [-0.4, -0.2) is 22.6 Å². The van der Waals surface area contributed by atoms with Crippen molar-refractivity contribution >= 4 is 11.7 Å². The second kappa shape index (κ2) is 10.6. The molecule has 0 atom stereocenters. The summed E-state index contributed by atoms with van der Waals surface area (Å²) in [6.45, 7) is 2.56. The quantitative estimate of drug-likeness (QED) is 0.338. The fraction of sp³-hybridized carbons (Fsp3) is 0.588. The van der Waals surface area contributed by atoms with E-state index in [1.807, 2.05) is 0 Å². The number of aromatic carboxylic acids is 1. The van der Waals surface area contributed by atoms with Crippen LogP contribution in [-0.2, 0) is 0 Å². The van der Waals surface area contributed by atoms with Crippen molar-refractivity contribution in [2.75, 3.05) is 6.61 Å². The SMILES string of the molecule is CCCCCCCCCCOc1cc([N+](=O)[O-])ccc1C(=O)O. The van der Waals surface area contributed by atoms with Gasteiger partial charge >= 0.3 is 5.97 Å². The van der Waals surface area contributed by atoms with Crippen LogP contribution in [0, 0.1) is 10.1 Å². The molecule has 0 aromatic heterocycles. The van der Waals surface area contributed by atoms with Gasteiger partial charge in [-0.2, -0.15) is 0 Å². The Labute approximate surface area is 136 Å². The van der Waals surface area contributed by atoms with Crippen LogP contribution in [0.25, 0.3) is 0 Å². The summed E-state index contributed by atoms with van der Waals surface area (Å²) in [5, 5.41) is 19.8. The number of carboxylic acid groups (broad SMARTS) is 1. The van der Waals surface area contributed by atoms with Gasteiger partial charge in [-0.3, -0.25) is 10.1 Å². The number of hydrogen-bond acceptors (Lipinski definition) is 4. The molecule has 6 nitrogen and oxygen atoms in total. The average molecular weight is 323 g/mol. The maximum Gasteiger partial charge on any atom is 0.339 e. The molecule has 23 heavy (non-hydrogen) atoms. The molecule has 1 aromatic rings. The first-order chi connectivity index (χ1) is 11.1. The highest BCUT2D eigenvalue weighted by molar-refractivity contribution is 5.91. The van der Waals surface area contributed by atoms with E-state index in [-0.39, 0.29) is 17.0 Å². The molecule has 0 fully saturated rings. The smallest absolute Gasteiger partial charge is 0.339 e. The summed E-state index contributed by atoms with van der Waals surface area (Å²) in [5.41, 5.74) is -0.212. The molecule has 128 valence electrons. The van der Waals surface area contributed by atoms with Crippen LogP contribution in [0.1, 0.15) is 68.6 Å². The van der Waals surface area contributed by atoms with Gasteiger partial charge in [0.05, 0.1) is 17.6 Å². The Morgan fingerprint density at radius 1 is 1.13 bits per heavy atom. The molecule has 0 aliphatic heterocycles. The summed E-state index contributed by atoms with van der Waals surface area (Å²) in [7, 11) is 0.